The van der Waals surface area contributed by atoms with Gasteiger partial charge in [0.1, 0.15) is 5.69 Å². The Balaban J connectivity index is 1.83. The molecule has 0 bridgehead atoms. The lowest BCUT2D eigenvalue weighted by Crippen LogP contribution is -2.43. The number of nitro benzene ring substituents is 1. The van der Waals surface area contributed by atoms with E-state index >= 15 is 0 Å². The molecular weight excluding hydrogens is 356 g/mol. The van der Waals surface area contributed by atoms with Gasteiger partial charge in [-0.1, -0.05) is 17.7 Å². The first-order chi connectivity index (χ1) is 12.5. The third-order valence-electron chi connectivity index (χ3n) is 4.32. The lowest BCUT2D eigenvalue weighted by atomic mass is 10.1. The Hall–Kier alpha value is -2.64. The maximum Gasteiger partial charge on any atom is 0.294 e. The van der Waals surface area contributed by atoms with Gasteiger partial charge in [-0.15, -0.1) is 0 Å². The lowest BCUT2D eigenvalue weighted by Gasteiger charge is -2.29. The van der Waals surface area contributed by atoms with Crippen LogP contribution in [0.4, 0.5) is 17.1 Å². The summed E-state index contributed by atoms with van der Waals surface area (Å²) in [6, 6.07) is 9.76. The number of carbonyl (C=O) groups is 1. The molecule has 136 valence electrons. The van der Waals surface area contributed by atoms with Gasteiger partial charge in [0.15, 0.2) is 0 Å². The molecule has 0 aromatic heterocycles. The van der Waals surface area contributed by atoms with Crippen LogP contribution in [0.25, 0.3) is 0 Å². The number of benzene rings is 2. The molecule has 2 aromatic rings. The number of hydrogen-bond acceptors (Lipinski definition) is 5. The topological polar surface area (TPSA) is 87.5 Å². The molecule has 1 heterocycles. The van der Waals surface area contributed by atoms with Gasteiger partial charge in [0.2, 0.25) is 0 Å². The summed E-state index contributed by atoms with van der Waals surface area (Å²) in [5.74, 6) is -0.365. The Kier molecular flexibility index (Phi) is 5.39. The zero-order chi connectivity index (χ0) is 18.7. The van der Waals surface area contributed by atoms with Crippen molar-refractivity contribution in [2.75, 3.05) is 36.4 Å². The Morgan fingerprint density at radius 3 is 2.62 bits per heavy atom. The van der Waals surface area contributed by atoms with Gasteiger partial charge in [-0.05, 0) is 36.8 Å². The minimum absolute atomic E-state index is 0.0216. The lowest BCUT2D eigenvalue weighted by molar-refractivity contribution is -0.384. The zero-order valence-corrected chi connectivity index (χ0v) is 15.0. The van der Waals surface area contributed by atoms with Crippen LogP contribution in [0, 0.1) is 17.0 Å². The second-order valence-corrected chi connectivity index (χ2v) is 6.52. The highest BCUT2D eigenvalue weighted by molar-refractivity contribution is 6.31. The molecule has 8 heteroatoms. The number of anilines is 2. The van der Waals surface area contributed by atoms with Crippen LogP contribution < -0.4 is 15.5 Å². The Morgan fingerprint density at radius 1 is 1.23 bits per heavy atom. The Morgan fingerprint density at radius 2 is 1.96 bits per heavy atom. The maximum atomic E-state index is 12.4. The molecule has 0 atom stereocenters. The van der Waals surface area contributed by atoms with E-state index in [2.05, 4.69) is 10.6 Å². The van der Waals surface area contributed by atoms with E-state index in [4.69, 9.17) is 11.6 Å². The minimum Gasteiger partial charge on any atom is -0.363 e. The van der Waals surface area contributed by atoms with Crippen LogP contribution in [0.3, 0.4) is 0 Å². The minimum atomic E-state index is -0.421. The van der Waals surface area contributed by atoms with Crippen molar-refractivity contribution in [2.45, 2.75) is 6.92 Å². The summed E-state index contributed by atoms with van der Waals surface area (Å²) in [6.45, 7) is 4.82. The predicted octanol–water partition coefficient (Wildman–Crippen LogP) is 3.22. The smallest absolute Gasteiger partial charge is 0.294 e. The number of rotatable bonds is 4. The van der Waals surface area contributed by atoms with E-state index in [-0.39, 0.29) is 11.6 Å². The van der Waals surface area contributed by atoms with Crippen LogP contribution in [0.15, 0.2) is 36.4 Å². The highest BCUT2D eigenvalue weighted by Crippen LogP contribution is 2.31. The van der Waals surface area contributed by atoms with E-state index < -0.39 is 4.92 Å². The van der Waals surface area contributed by atoms with E-state index in [1.165, 1.54) is 6.07 Å². The summed E-state index contributed by atoms with van der Waals surface area (Å²) in [5.41, 5.74) is 2.19. The van der Waals surface area contributed by atoms with Gasteiger partial charge in [-0.25, -0.2) is 0 Å². The number of nitrogens with one attached hydrogen (secondary N) is 2. The van der Waals surface area contributed by atoms with E-state index in [1.807, 2.05) is 11.8 Å². The van der Waals surface area contributed by atoms with E-state index in [9.17, 15) is 14.9 Å². The van der Waals surface area contributed by atoms with Crippen LogP contribution in [0.2, 0.25) is 5.02 Å². The average molecular weight is 375 g/mol. The molecule has 2 N–H and O–H groups in total. The highest BCUT2D eigenvalue weighted by Gasteiger charge is 2.22. The molecule has 1 fully saturated rings. The molecule has 1 saturated heterocycles. The van der Waals surface area contributed by atoms with Crippen LogP contribution in [0.5, 0.6) is 0 Å². The van der Waals surface area contributed by atoms with Crippen LogP contribution >= 0.6 is 11.6 Å². The van der Waals surface area contributed by atoms with Crippen molar-refractivity contribution in [2.24, 2.45) is 0 Å². The number of nitro groups is 1. The zero-order valence-electron chi connectivity index (χ0n) is 14.3. The quantitative estimate of drug-likeness (QED) is 0.633. The molecule has 7 nitrogen and oxygen atoms in total. The predicted molar refractivity (Wildman–Crippen MR) is 102 cm³/mol. The monoisotopic (exact) mass is 374 g/mol. The third kappa shape index (κ3) is 3.95. The number of amides is 1. The molecule has 0 aliphatic carbocycles. The van der Waals surface area contributed by atoms with Gasteiger partial charge in [0.05, 0.1) is 4.92 Å². The van der Waals surface area contributed by atoms with Gasteiger partial charge in [0.25, 0.3) is 11.6 Å². The summed E-state index contributed by atoms with van der Waals surface area (Å²) in [4.78, 5) is 25.4. The second kappa shape index (κ2) is 7.72. The number of hydrogen-bond donors (Lipinski definition) is 2. The largest absolute Gasteiger partial charge is 0.363 e. The number of halogens is 1. The molecule has 0 saturated carbocycles. The summed E-state index contributed by atoms with van der Waals surface area (Å²) in [7, 11) is 0. The molecule has 2 aromatic carbocycles. The normalized spacial score (nSPS) is 14.2. The average Bonchev–Trinajstić information content (AvgIpc) is 2.64. The number of carbonyl (C=O) groups excluding carboxylic acids is 1. The second-order valence-electron chi connectivity index (χ2n) is 6.12. The third-order valence-corrected chi connectivity index (χ3v) is 4.73. The van der Waals surface area contributed by atoms with Crippen molar-refractivity contribution in [3.05, 3.63) is 62.7 Å². The van der Waals surface area contributed by atoms with Crippen molar-refractivity contribution >= 4 is 34.6 Å². The van der Waals surface area contributed by atoms with Crippen LogP contribution in [-0.2, 0) is 0 Å². The summed E-state index contributed by atoms with van der Waals surface area (Å²) in [5, 5.41) is 17.9. The van der Waals surface area contributed by atoms with Crippen molar-refractivity contribution in [3.63, 3.8) is 0 Å². The number of aryl methyl sites for hydroxylation is 1. The number of nitrogens with zero attached hydrogens (tertiary/aromatic N) is 2. The van der Waals surface area contributed by atoms with Crippen molar-refractivity contribution in [1.82, 2.24) is 5.32 Å². The standard InChI is InChI=1S/C18H19ClN4O3/c1-12-2-3-13(10-15(12)19)18(24)21-14-4-5-16(17(11-14)23(25)26)22-8-6-20-7-9-22/h2-5,10-11,20H,6-9H2,1H3,(H,21,24). The molecule has 0 unspecified atom stereocenters. The Bertz CT molecular complexity index is 850. The first-order valence-corrected chi connectivity index (χ1v) is 8.65. The van der Waals surface area contributed by atoms with Gasteiger partial charge in [-0.2, -0.15) is 0 Å². The SMILES string of the molecule is Cc1ccc(C(=O)Nc2ccc(N3CCNCC3)c([N+](=O)[O-])c2)cc1Cl. The van der Waals surface area contributed by atoms with E-state index in [1.54, 1.807) is 30.3 Å². The molecule has 3 rings (SSSR count). The fourth-order valence-electron chi connectivity index (χ4n) is 2.86. The molecule has 1 aliphatic rings. The van der Waals surface area contributed by atoms with E-state index in [0.717, 1.165) is 18.7 Å². The molecular formula is C18H19ClN4O3. The first kappa shape index (κ1) is 18.2. The molecule has 1 amide bonds. The Labute approximate surface area is 156 Å². The molecule has 1 aliphatic heterocycles. The van der Waals surface area contributed by atoms with Crippen LogP contribution in [0.1, 0.15) is 15.9 Å². The summed E-state index contributed by atoms with van der Waals surface area (Å²) < 4.78 is 0. The number of piperazine rings is 1. The highest BCUT2D eigenvalue weighted by atomic mass is 35.5. The maximum absolute atomic E-state index is 12.4. The molecule has 0 spiro atoms. The fourth-order valence-corrected chi connectivity index (χ4v) is 3.04. The van der Waals surface area contributed by atoms with Gasteiger partial charge in [0, 0.05) is 48.5 Å². The van der Waals surface area contributed by atoms with Gasteiger partial charge < -0.3 is 15.5 Å². The van der Waals surface area contributed by atoms with Gasteiger partial charge >= 0.3 is 0 Å². The summed E-state index contributed by atoms with van der Waals surface area (Å²) in [6.07, 6.45) is 0. The molecule has 26 heavy (non-hydrogen) atoms. The molecule has 0 radical (unpaired) electrons. The van der Waals surface area contributed by atoms with Crippen LogP contribution in [-0.4, -0.2) is 37.0 Å². The van der Waals surface area contributed by atoms with Gasteiger partial charge in [-0.3, -0.25) is 14.9 Å². The van der Waals surface area contributed by atoms with Crippen molar-refractivity contribution < 1.29 is 9.72 Å². The fraction of sp³-hybridized carbons (Fsp3) is 0.278. The van der Waals surface area contributed by atoms with Crippen molar-refractivity contribution in [1.29, 1.82) is 0 Å². The van der Waals surface area contributed by atoms with E-state index in [0.29, 0.717) is 35.1 Å². The first-order valence-electron chi connectivity index (χ1n) is 8.27. The van der Waals surface area contributed by atoms with Crippen molar-refractivity contribution in [3.8, 4) is 0 Å². The summed E-state index contributed by atoms with van der Waals surface area (Å²) >= 11 is 6.05.